The van der Waals surface area contributed by atoms with Crippen molar-refractivity contribution >= 4 is 17.5 Å². The van der Waals surface area contributed by atoms with Crippen LogP contribution in [0.1, 0.15) is 31.7 Å². The molecule has 1 unspecified atom stereocenters. The van der Waals surface area contributed by atoms with Gasteiger partial charge in [-0.3, -0.25) is 9.59 Å². The maximum Gasteiger partial charge on any atom is 0.419 e. The predicted octanol–water partition coefficient (Wildman–Crippen LogP) is 4.74. The van der Waals surface area contributed by atoms with Crippen molar-refractivity contribution in [3.05, 3.63) is 54.1 Å². The van der Waals surface area contributed by atoms with Crippen LogP contribution < -0.4 is 15.4 Å². The Kier molecular flexibility index (Phi) is 6.10. The Morgan fingerprint density at radius 2 is 1.72 bits per heavy atom. The van der Waals surface area contributed by atoms with Gasteiger partial charge in [0.25, 0.3) is 0 Å². The van der Waals surface area contributed by atoms with Gasteiger partial charge in [-0.1, -0.05) is 18.6 Å². The van der Waals surface area contributed by atoms with Crippen molar-refractivity contribution in [1.82, 2.24) is 5.32 Å². The molecule has 1 aliphatic rings. The molecule has 1 aliphatic carbocycles. The number of anilines is 1. The molecule has 2 aromatic carbocycles. The number of hydrogen-bond acceptors (Lipinski definition) is 3. The number of ether oxygens (including phenoxy) is 1. The monoisotopic (exact) mass is 406 g/mol. The number of benzene rings is 2. The van der Waals surface area contributed by atoms with Gasteiger partial charge >= 0.3 is 6.18 Å². The van der Waals surface area contributed by atoms with E-state index in [-0.39, 0.29) is 29.2 Å². The maximum absolute atomic E-state index is 13.0. The molecule has 2 amide bonds. The number of hydrogen-bond donors (Lipinski definition) is 2. The van der Waals surface area contributed by atoms with Crippen molar-refractivity contribution in [2.45, 2.75) is 38.4 Å². The molecule has 2 aromatic rings. The summed E-state index contributed by atoms with van der Waals surface area (Å²) in [4.78, 5) is 24.1. The number of carbonyl (C=O) groups is 2. The predicted molar refractivity (Wildman–Crippen MR) is 102 cm³/mol. The van der Waals surface area contributed by atoms with Crippen molar-refractivity contribution in [3.8, 4) is 11.5 Å². The molecule has 0 aliphatic heterocycles. The normalized spacial score (nSPS) is 15.2. The third-order valence-corrected chi connectivity index (χ3v) is 4.77. The molecule has 0 saturated heterocycles. The van der Waals surface area contributed by atoms with Gasteiger partial charge in [-0.15, -0.1) is 0 Å². The van der Waals surface area contributed by atoms with Crippen LogP contribution in [-0.4, -0.2) is 17.9 Å². The van der Waals surface area contributed by atoms with Gasteiger partial charge in [-0.25, -0.2) is 0 Å². The lowest BCUT2D eigenvalue weighted by Gasteiger charge is -2.25. The SMILES string of the molecule is CC(NC(=O)C1CCC1)C(=O)Nc1ccc(Oc2ccccc2C(F)(F)F)cc1. The van der Waals surface area contributed by atoms with E-state index in [1.54, 1.807) is 6.92 Å². The van der Waals surface area contributed by atoms with Gasteiger partial charge < -0.3 is 15.4 Å². The second-order valence-electron chi connectivity index (χ2n) is 6.97. The van der Waals surface area contributed by atoms with Gasteiger partial charge in [0.05, 0.1) is 5.56 Å². The largest absolute Gasteiger partial charge is 0.457 e. The number of alkyl halides is 3. The van der Waals surface area contributed by atoms with Crippen molar-refractivity contribution in [2.24, 2.45) is 5.92 Å². The average molecular weight is 406 g/mol. The van der Waals surface area contributed by atoms with E-state index in [2.05, 4.69) is 10.6 Å². The maximum atomic E-state index is 13.0. The molecule has 5 nitrogen and oxygen atoms in total. The highest BCUT2D eigenvalue weighted by Gasteiger charge is 2.34. The van der Waals surface area contributed by atoms with Crippen LogP contribution in [0.25, 0.3) is 0 Å². The summed E-state index contributed by atoms with van der Waals surface area (Å²) in [6.07, 6.45) is -1.80. The summed E-state index contributed by atoms with van der Waals surface area (Å²) in [5, 5.41) is 5.34. The van der Waals surface area contributed by atoms with Gasteiger partial charge in [-0.2, -0.15) is 13.2 Å². The summed E-state index contributed by atoms with van der Waals surface area (Å²) in [6.45, 7) is 1.59. The fourth-order valence-electron chi connectivity index (χ4n) is 2.84. The Bertz CT molecular complexity index is 877. The Morgan fingerprint density at radius 3 is 2.31 bits per heavy atom. The first kappa shape index (κ1) is 20.7. The number of halogens is 3. The standard InChI is InChI=1S/C21H21F3N2O3/c1-13(25-20(28)14-5-4-6-14)19(27)26-15-9-11-16(12-10-15)29-18-8-3-2-7-17(18)21(22,23)24/h2-3,7-14H,4-6H2,1H3,(H,25,28)(H,26,27). The first-order valence-electron chi connectivity index (χ1n) is 9.29. The minimum absolute atomic E-state index is 0.0127. The van der Waals surface area contributed by atoms with Gasteiger partial charge in [0.2, 0.25) is 11.8 Å². The second kappa shape index (κ2) is 8.55. The molecule has 8 heteroatoms. The molecule has 1 fully saturated rings. The molecule has 154 valence electrons. The van der Waals surface area contributed by atoms with E-state index >= 15 is 0 Å². The molecular weight excluding hydrogens is 385 g/mol. The molecular formula is C21H21F3N2O3. The quantitative estimate of drug-likeness (QED) is 0.728. The highest BCUT2D eigenvalue weighted by atomic mass is 19.4. The second-order valence-corrected chi connectivity index (χ2v) is 6.97. The zero-order valence-corrected chi connectivity index (χ0v) is 15.8. The zero-order chi connectivity index (χ0) is 21.0. The Balaban J connectivity index is 1.59. The fraction of sp³-hybridized carbons (Fsp3) is 0.333. The zero-order valence-electron chi connectivity index (χ0n) is 15.8. The first-order valence-corrected chi connectivity index (χ1v) is 9.29. The van der Waals surface area contributed by atoms with Crippen molar-refractivity contribution < 1.29 is 27.5 Å². The van der Waals surface area contributed by atoms with Crippen LogP contribution in [0.3, 0.4) is 0 Å². The van der Waals surface area contributed by atoms with Crippen LogP contribution >= 0.6 is 0 Å². The van der Waals surface area contributed by atoms with Crippen LogP contribution in [0.5, 0.6) is 11.5 Å². The number of rotatable bonds is 6. The van der Waals surface area contributed by atoms with E-state index in [1.807, 2.05) is 0 Å². The highest BCUT2D eigenvalue weighted by molar-refractivity contribution is 5.97. The van der Waals surface area contributed by atoms with Gasteiger partial charge in [0.15, 0.2) is 0 Å². The Morgan fingerprint density at radius 1 is 1.07 bits per heavy atom. The summed E-state index contributed by atoms with van der Waals surface area (Å²) in [5.74, 6) is -0.615. The Labute approximate surface area is 166 Å². The minimum Gasteiger partial charge on any atom is -0.457 e. The summed E-state index contributed by atoms with van der Waals surface area (Å²) < 4.78 is 44.5. The van der Waals surface area contributed by atoms with Crippen LogP contribution in [0.2, 0.25) is 0 Å². The molecule has 2 N–H and O–H groups in total. The molecule has 1 atom stereocenters. The van der Waals surface area contributed by atoms with E-state index in [1.165, 1.54) is 42.5 Å². The van der Waals surface area contributed by atoms with Gasteiger partial charge in [-0.05, 0) is 56.2 Å². The van der Waals surface area contributed by atoms with Crippen LogP contribution in [-0.2, 0) is 15.8 Å². The first-order chi connectivity index (χ1) is 13.7. The Hall–Kier alpha value is -3.03. The van der Waals surface area contributed by atoms with E-state index in [4.69, 9.17) is 4.74 Å². The number of carbonyl (C=O) groups excluding carboxylic acids is 2. The van der Waals surface area contributed by atoms with E-state index < -0.39 is 17.8 Å². The smallest absolute Gasteiger partial charge is 0.419 e. The van der Waals surface area contributed by atoms with Gasteiger partial charge in [0, 0.05) is 11.6 Å². The molecule has 3 rings (SSSR count). The molecule has 0 aromatic heterocycles. The third-order valence-electron chi connectivity index (χ3n) is 4.77. The van der Waals surface area contributed by atoms with E-state index in [9.17, 15) is 22.8 Å². The lowest BCUT2D eigenvalue weighted by molar-refractivity contribution is -0.138. The summed E-state index contributed by atoms with van der Waals surface area (Å²) in [5.41, 5.74) is -0.426. The van der Waals surface area contributed by atoms with Crippen molar-refractivity contribution in [3.63, 3.8) is 0 Å². The van der Waals surface area contributed by atoms with E-state index in [0.717, 1.165) is 25.3 Å². The summed E-state index contributed by atoms with van der Waals surface area (Å²) in [6, 6.07) is 10.2. The molecule has 0 radical (unpaired) electrons. The summed E-state index contributed by atoms with van der Waals surface area (Å²) >= 11 is 0. The van der Waals surface area contributed by atoms with Crippen LogP contribution in [0.15, 0.2) is 48.5 Å². The van der Waals surface area contributed by atoms with Crippen molar-refractivity contribution in [2.75, 3.05) is 5.32 Å². The number of nitrogens with one attached hydrogen (secondary N) is 2. The fourth-order valence-corrected chi connectivity index (χ4v) is 2.84. The minimum atomic E-state index is -4.52. The molecule has 1 saturated carbocycles. The summed E-state index contributed by atoms with van der Waals surface area (Å²) in [7, 11) is 0. The molecule has 29 heavy (non-hydrogen) atoms. The van der Waals surface area contributed by atoms with E-state index in [0.29, 0.717) is 5.69 Å². The lowest BCUT2D eigenvalue weighted by Crippen LogP contribution is -2.45. The number of para-hydroxylation sites is 1. The molecule has 0 spiro atoms. The lowest BCUT2D eigenvalue weighted by atomic mass is 9.84. The topological polar surface area (TPSA) is 67.4 Å². The van der Waals surface area contributed by atoms with Crippen LogP contribution in [0, 0.1) is 5.92 Å². The third kappa shape index (κ3) is 5.28. The number of amides is 2. The van der Waals surface area contributed by atoms with Crippen molar-refractivity contribution in [1.29, 1.82) is 0 Å². The average Bonchev–Trinajstić information content (AvgIpc) is 2.61. The van der Waals surface area contributed by atoms with Gasteiger partial charge in [0.1, 0.15) is 17.5 Å². The van der Waals surface area contributed by atoms with Crippen LogP contribution in [0.4, 0.5) is 18.9 Å². The molecule has 0 bridgehead atoms. The highest BCUT2D eigenvalue weighted by Crippen LogP contribution is 2.38. The molecule has 0 heterocycles.